The Morgan fingerprint density at radius 2 is 2.04 bits per heavy atom. The minimum atomic E-state index is -0.535. The first-order chi connectivity index (χ1) is 11.5. The molecule has 3 N–H and O–H groups in total. The van der Waals surface area contributed by atoms with E-state index in [4.69, 9.17) is 26.8 Å². The lowest BCUT2D eigenvalue weighted by molar-refractivity contribution is 0.0730. The third-order valence-electron chi connectivity index (χ3n) is 2.84. The Labute approximate surface area is 149 Å². The van der Waals surface area contributed by atoms with Gasteiger partial charge >= 0.3 is 5.97 Å². The molecule has 6 nitrogen and oxygen atoms in total. The number of methoxy groups -OCH3 is 1. The molecule has 0 unspecified atom stereocenters. The summed E-state index contributed by atoms with van der Waals surface area (Å²) >= 11 is 10.8. The lowest BCUT2D eigenvalue weighted by atomic mass is 10.2. The normalized spacial score (nSPS) is 10.4. The van der Waals surface area contributed by atoms with Gasteiger partial charge in [-0.2, -0.15) is 5.10 Å². The highest BCUT2D eigenvalue weighted by molar-refractivity contribution is 7.80. The number of hydrogen-bond acceptors (Lipinski definition) is 5. The van der Waals surface area contributed by atoms with Crippen LogP contribution < -0.4 is 20.6 Å². The highest BCUT2D eigenvalue weighted by Crippen LogP contribution is 2.36. The number of benzene rings is 2. The Morgan fingerprint density at radius 1 is 1.33 bits per heavy atom. The number of rotatable bonds is 5. The van der Waals surface area contributed by atoms with Crippen LogP contribution in [0.5, 0.6) is 11.5 Å². The third kappa shape index (κ3) is 4.68. The zero-order valence-electron chi connectivity index (χ0n) is 12.7. The Hall–Kier alpha value is -2.64. The SMILES string of the molecule is COc1cc(C=NNC(N)=S)cc(Cl)c1OC(=O)c1ccccc1. The van der Waals surface area contributed by atoms with Crippen LogP contribution in [0, 0.1) is 0 Å². The van der Waals surface area contributed by atoms with Crippen molar-refractivity contribution in [2.45, 2.75) is 0 Å². The molecule has 0 spiro atoms. The molecule has 0 aromatic heterocycles. The van der Waals surface area contributed by atoms with Crippen LogP contribution in [0.15, 0.2) is 47.6 Å². The number of esters is 1. The fourth-order valence-electron chi connectivity index (χ4n) is 1.81. The maximum absolute atomic E-state index is 12.2. The average molecular weight is 364 g/mol. The lowest BCUT2D eigenvalue weighted by Crippen LogP contribution is -2.24. The number of carbonyl (C=O) groups is 1. The summed E-state index contributed by atoms with van der Waals surface area (Å²) in [6.45, 7) is 0. The minimum Gasteiger partial charge on any atom is -0.493 e. The van der Waals surface area contributed by atoms with Crippen molar-refractivity contribution >= 4 is 41.1 Å². The number of nitrogens with one attached hydrogen (secondary N) is 1. The summed E-state index contributed by atoms with van der Waals surface area (Å²) in [5, 5.41) is 4.08. The van der Waals surface area contributed by atoms with Gasteiger partial charge in [0.1, 0.15) is 0 Å². The van der Waals surface area contributed by atoms with Crippen molar-refractivity contribution in [3.05, 3.63) is 58.6 Å². The van der Waals surface area contributed by atoms with Crippen LogP contribution in [0.2, 0.25) is 5.02 Å². The molecule has 24 heavy (non-hydrogen) atoms. The van der Waals surface area contributed by atoms with E-state index in [2.05, 4.69) is 22.7 Å². The van der Waals surface area contributed by atoms with Gasteiger partial charge in [0.2, 0.25) is 0 Å². The Morgan fingerprint density at radius 3 is 2.67 bits per heavy atom. The summed E-state index contributed by atoms with van der Waals surface area (Å²) in [5.74, 6) is -0.108. The molecule has 0 aliphatic rings. The van der Waals surface area contributed by atoms with Crippen LogP contribution >= 0.6 is 23.8 Å². The summed E-state index contributed by atoms with van der Waals surface area (Å²) < 4.78 is 10.6. The van der Waals surface area contributed by atoms with Crippen molar-refractivity contribution in [2.24, 2.45) is 10.8 Å². The molecule has 0 aliphatic heterocycles. The predicted molar refractivity (Wildman–Crippen MR) is 96.9 cm³/mol. The third-order valence-corrected chi connectivity index (χ3v) is 3.22. The van der Waals surface area contributed by atoms with Gasteiger partial charge in [0.05, 0.1) is 23.9 Å². The topological polar surface area (TPSA) is 85.9 Å². The molecule has 2 rings (SSSR count). The van der Waals surface area contributed by atoms with Crippen molar-refractivity contribution in [1.29, 1.82) is 0 Å². The van der Waals surface area contributed by atoms with Crippen molar-refractivity contribution in [3.63, 3.8) is 0 Å². The van der Waals surface area contributed by atoms with Crippen LogP contribution in [-0.2, 0) is 0 Å². The molecule has 0 bridgehead atoms. The molecule has 0 heterocycles. The molecule has 0 saturated heterocycles. The average Bonchev–Trinajstić information content (AvgIpc) is 2.57. The van der Waals surface area contributed by atoms with E-state index in [-0.39, 0.29) is 15.9 Å². The largest absolute Gasteiger partial charge is 0.493 e. The summed E-state index contributed by atoms with van der Waals surface area (Å²) in [6.07, 6.45) is 1.45. The van der Waals surface area contributed by atoms with Crippen molar-refractivity contribution in [2.75, 3.05) is 7.11 Å². The summed E-state index contributed by atoms with van der Waals surface area (Å²) in [5.41, 5.74) is 8.72. The van der Waals surface area contributed by atoms with Gasteiger partial charge < -0.3 is 15.2 Å². The van der Waals surface area contributed by atoms with Crippen molar-refractivity contribution < 1.29 is 14.3 Å². The second-order valence-electron chi connectivity index (χ2n) is 4.52. The van der Waals surface area contributed by atoms with Gasteiger partial charge in [-0.1, -0.05) is 29.8 Å². The van der Waals surface area contributed by atoms with E-state index in [9.17, 15) is 4.79 Å². The predicted octanol–water partition coefficient (Wildman–Crippen LogP) is 2.73. The van der Waals surface area contributed by atoms with E-state index >= 15 is 0 Å². The van der Waals surface area contributed by atoms with Gasteiger partial charge in [-0.15, -0.1) is 0 Å². The quantitative estimate of drug-likeness (QED) is 0.279. The molecule has 0 amide bonds. The van der Waals surface area contributed by atoms with Gasteiger partial charge in [-0.05, 0) is 42.0 Å². The second-order valence-corrected chi connectivity index (χ2v) is 5.37. The number of nitrogens with zero attached hydrogens (tertiary/aromatic N) is 1. The maximum atomic E-state index is 12.2. The summed E-state index contributed by atoms with van der Waals surface area (Å²) in [6, 6.07) is 11.8. The van der Waals surface area contributed by atoms with E-state index in [0.29, 0.717) is 16.9 Å². The molecule has 0 saturated carbocycles. The van der Waals surface area contributed by atoms with Gasteiger partial charge in [-0.25, -0.2) is 4.79 Å². The van der Waals surface area contributed by atoms with E-state index in [1.54, 1.807) is 42.5 Å². The number of nitrogens with two attached hydrogens (primary N) is 1. The van der Waals surface area contributed by atoms with Gasteiger partial charge in [0, 0.05) is 0 Å². The highest BCUT2D eigenvalue weighted by Gasteiger charge is 2.16. The van der Waals surface area contributed by atoms with Crippen molar-refractivity contribution in [3.8, 4) is 11.5 Å². The lowest BCUT2D eigenvalue weighted by Gasteiger charge is -2.12. The molecular weight excluding hydrogens is 350 g/mol. The molecule has 2 aromatic rings. The van der Waals surface area contributed by atoms with E-state index < -0.39 is 5.97 Å². The molecule has 0 aliphatic carbocycles. The number of hydrazone groups is 1. The maximum Gasteiger partial charge on any atom is 0.343 e. The van der Waals surface area contributed by atoms with Crippen LogP contribution in [0.25, 0.3) is 0 Å². The molecule has 0 radical (unpaired) electrons. The molecule has 8 heteroatoms. The van der Waals surface area contributed by atoms with E-state index in [0.717, 1.165) is 0 Å². The van der Waals surface area contributed by atoms with Gasteiger partial charge in [0.15, 0.2) is 16.6 Å². The fourth-order valence-corrected chi connectivity index (χ4v) is 2.12. The minimum absolute atomic E-state index is 0.0396. The number of carbonyl (C=O) groups excluding carboxylic acids is 1. The monoisotopic (exact) mass is 363 g/mol. The molecule has 2 aromatic carbocycles. The number of halogens is 1. The van der Waals surface area contributed by atoms with Crippen molar-refractivity contribution in [1.82, 2.24) is 5.43 Å². The smallest absolute Gasteiger partial charge is 0.343 e. The first-order valence-corrected chi connectivity index (χ1v) is 7.53. The summed E-state index contributed by atoms with van der Waals surface area (Å²) in [7, 11) is 1.44. The molecule has 124 valence electrons. The standard InChI is InChI=1S/C16H14ClN3O3S/c1-22-13-8-10(9-19-20-16(18)24)7-12(17)14(13)23-15(21)11-5-3-2-4-6-11/h2-9H,1H3,(H3,18,20,24). The zero-order chi connectivity index (χ0) is 17.5. The zero-order valence-corrected chi connectivity index (χ0v) is 14.2. The van der Waals surface area contributed by atoms with Crippen LogP contribution in [-0.4, -0.2) is 24.4 Å². The molecule has 0 fully saturated rings. The van der Waals surface area contributed by atoms with E-state index in [1.807, 2.05) is 0 Å². The van der Waals surface area contributed by atoms with Crippen LogP contribution in [0.4, 0.5) is 0 Å². The second kappa shape index (κ2) is 8.28. The van der Waals surface area contributed by atoms with Crippen LogP contribution in [0.1, 0.15) is 15.9 Å². The summed E-state index contributed by atoms with van der Waals surface area (Å²) in [4.78, 5) is 12.2. The first kappa shape index (κ1) is 17.7. The molecular formula is C16H14ClN3O3S. The van der Waals surface area contributed by atoms with Gasteiger partial charge in [0.25, 0.3) is 0 Å². The molecule has 0 atom stereocenters. The van der Waals surface area contributed by atoms with Crippen LogP contribution in [0.3, 0.4) is 0 Å². The van der Waals surface area contributed by atoms with E-state index in [1.165, 1.54) is 13.3 Å². The first-order valence-electron chi connectivity index (χ1n) is 6.74. The Bertz CT molecular complexity index is 782. The highest BCUT2D eigenvalue weighted by atomic mass is 35.5. The Kier molecular flexibility index (Phi) is 6.11. The number of ether oxygens (including phenoxy) is 2. The number of hydrogen-bond donors (Lipinski definition) is 2. The fraction of sp³-hybridized carbons (Fsp3) is 0.0625. The number of thiocarbonyl (C=S) groups is 1. The van der Waals surface area contributed by atoms with Gasteiger partial charge in [-0.3, -0.25) is 5.43 Å². The Balaban J connectivity index is 2.25.